The average molecular weight is 361 g/mol. The predicted octanol–water partition coefficient (Wildman–Crippen LogP) is 2.86. The predicted molar refractivity (Wildman–Crippen MR) is 84.5 cm³/mol. The number of piperidine rings is 1. The molecule has 0 N–H and O–H groups in total. The van der Waals surface area contributed by atoms with Crippen molar-refractivity contribution in [3.63, 3.8) is 0 Å². The summed E-state index contributed by atoms with van der Waals surface area (Å²) in [6, 6.07) is 7.71. The van der Waals surface area contributed by atoms with Crippen LogP contribution in [0.15, 0.2) is 28.7 Å². The molecule has 1 aromatic carbocycles. The van der Waals surface area contributed by atoms with Crippen LogP contribution in [0.25, 0.3) is 0 Å². The maximum Gasteiger partial charge on any atom is 0.282 e. The molecule has 1 aliphatic rings. The lowest BCUT2D eigenvalue weighted by Crippen LogP contribution is -2.46. The van der Waals surface area contributed by atoms with Crippen LogP contribution in [0.3, 0.4) is 0 Å². The van der Waals surface area contributed by atoms with Crippen molar-refractivity contribution in [3.05, 3.63) is 34.3 Å². The lowest BCUT2D eigenvalue weighted by atomic mass is 10.0. The molecule has 0 aromatic heterocycles. The molecule has 20 heavy (non-hydrogen) atoms. The second-order valence-corrected chi connectivity index (χ2v) is 8.35. The number of halogens is 1. The minimum absolute atomic E-state index is 0.384. The molecule has 2 rings (SSSR count). The topological polar surface area (TPSA) is 40.6 Å². The number of benzene rings is 1. The van der Waals surface area contributed by atoms with Crippen molar-refractivity contribution < 1.29 is 8.42 Å². The molecule has 112 valence electrons. The van der Waals surface area contributed by atoms with E-state index < -0.39 is 10.2 Å². The fourth-order valence-electron chi connectivity index (χ4n) is 2.50. The molecule has 0 spiro atoms. The first-order chi connectivity index (χ1) is 9.41. The van der Waals surface area contributed by atoms with Crippen LogP contribution in [-0.2, 0) is 16.8 Å². The van der Waals surface area contributed by atoms with Crippen LogP contribution >= 0.6 is 15.9 Å². The van der Waals surface area contributed by atoms with Gasteiger partial charge in [0, 0.05) is 31.2 Å². The van der Waals surface area contributed by atoms with E-state index in [0.717, 1.165) is 22.9 Å². The highest BCUT2D eigenvalue weighted by Crippen LogP contribution is 2.23. The molecule has 1 fully saturated rings. The van der Waals surface area contributed by atoms with E-state index in [9.17, 15) is 8.42 Å². The lowest BCUT2D eigenvalue weighted by Gasteiger charge is -2.33. The Morgan fingerprint density at radius 2 is 2.10 bits per heavy atom. The van der Waals surface area contributed by atoms with Crippen LogP contribution in [-0.4, -0.2) is 37.2 Å². The third-order valence-corrected chi connectivity index (χ3v) is 6.37. The Morgan fingerprint density at radius 3 is 2.75 bits per heavy atom. The summed E-state index contributed by atoms with van der Waals surface area (Å²) < 4.78 is 29.2. The molecule has 0 aliphatic carbocycles. The molecule has 1 saturated heterocycles. The van der Waals surface area contributed by atoms with Gasteiger partial charge in [0.15, 0.2) is 0 Å². The van der Waals surface area contributed by atoms with E-state index in [0.29, 0.717) is 25.6 Å². The SMILES string of the molecule is CC1CCCN(S(=O)(=O)N(C)Cc2ccccc2Br)C1. The maximum absolute atomic E-state index is 12.6. The molecule has 1 aromatic rings. The van der Waals surface area contributed by atoms with Crippen LogP contribution in [0.1, 0.15) is 25.3 Å². The van der Waals surface area contributed by atoms with Gasteiger partial charge in [-0.15, -0.1) is 0 Å². The normalized spacial score (nSPS) is 21.3. The van der Waals surface area contributed by atoms with Crippen LogP contribution in [0.2, 0.25) is 0 Å². The highest BCUT2D eigenvalue weighted by atomic mass is 79.9. The van der Waals surface area contributed by atoms with Crippen LogP contribution in [0, 0.1) is 5.92 Å². The van der Waals surface area contributed by atoms with E-state index in [1.54, 1.807) is 11.4 Å². The molecule has 6 heteroatoms. The summed E-state index contributed by atoms with van der Waals surface area (Å²) in [5, 5.41) is 0. The molecule has 1 atom stereocenters. The fourth-order valence-corrected chi connectivity index (χ4v) is 4.41. The largest absolute Gasteiger partial charge is 0.282 e. The Balaban J connectivity index is 2.11. The van der Waals surface area contributed by atoms with Crippen LogP contribution in [0.4, 0.5) is 0 Å². The summed E-state index contributed by atoms with van der Waals surface area (Å²) in [6.45, 7) is 3.75. The van der Waals surface area contributed by atoms with Crippen molar-refractivity contribution in [1.82, 2.24) is 8.61 Å². The molecular formula is C14H21BrN2O2S. The van der Waals surface area contributed by atoms with E-state index in [1.807, 2.05) is 24.3 Å². The summed E-state index contributed by atoms with van der Waals surface area (Å²) in [5.74, 6) is 0.440. The number of rotatable bonds is 4. The summed E-state index contributed by atoms with van der Waals surface area (Å²) in [7, 11) is -1.72. The zero-order chi connectivity index (χ0) is 14.8. The Hall–Kier alpha value is -0.430. The maximum atomic E-state index is 12.6. The zero-order valence-electron chi connectivity index (χ0n) is 11.9. The van der Waals surface area contributed by atoms with Gasteiger partial charge in [-0.25, -0.2) is 0 Å². The van der Waals surface area contributed by atoms with Gasteiger partial charge in [-0.05, 0) is 30.4 Å². The van der Waals surface area contributed by atoms with Gasteiger partial charge in [0.1, 0.15) is 0 Å². The molecular weight excluding hydrogens is 340 g/mol. The monoisotopic (exact) mass is 360 g/mol. The average Bonchev–Trinajstić information content (AvgIpc) is 2.41. The van der Waals surface area contributed by atoms with Gasteiger partial charge in [-0.1, -0.05) is 41.1 Å². The number of hydrogen-bond donors (Lipinski definition) is 0. The van der Waals surface area contributed by atoms with Crippen molar-refractivity contribution in [2.24, 2.45) is 5.92 Å². The first kappa shape index (κ1) is 15.9. The van der Waals surface area contributed by atoms with E-state index in [1.165, 1.54) is 4.31 Å². The van der Waals surface area contributed by atoms with Crippen molar-refractivity contribution in [3.8, 4) is 0 Å². The van der Waals surface area contributed by atoms with Crippen molar-refractivity contribution in [1.29, 1.82) is 0 Å². The quantitative estimate of drug-likeness (QED) is 0.828. The van der Waals surface area contributed by atoms with Gasteiger partial charge in [0.2, 0.25) is 0 Å². The van der Waals surface area contributed by atoms with Gasteiger partial charge >= 0.3 is 0 Å². The minimum Gasteiger partial charge on any atom is -0.195 e. The second kappa shape index (κ2) is 6.56. The van der Waals surface area contributed by atoms with Gasteiger partial charge in [-0.3, -0.25) is 0 Å². The Bertz CT molecular complexity index is 562. The van der Waals surface area contributed by atoms with Crippen molar-refractivity contribution in [2.75, 3.05) is 20.1 Å². The molecule has 0 radical (unpaired) electrons. The summed E-state index contributed by atoms with van der Waals surface area (Å²) in [4.78, 5) is 0. The highest BCUT2D eigenvalue weighted by molar-refractivity contribution is 9.10. The van der Waals surface area contributed by atoms with Gasteiger partial charge in [0.25, 0.3) is 10.2 Å². The minimum atomic E-state index is -3.36. The second-order valence-electron chi connectivity index (χ2n) is 5.46. The first-order valence-electron chi connectivity index (χ1n) is 6.86. The van der Waals surface area contributed by atoms with Gasteiger partial charge in [0.05, 0.1) is 0 Å². The summed E-state index contributed by atoms with van der Waals surface area (Å²) in [5.41, 5.74) is 0.976. The molecule has 0 amide bonds. The van der Waals surface area contributed by atoms with E-state index >= 15 is 0 Å². The Kier molecular flexibility index (Phi) is 5.23. The molecule has 1 unspecified atom stereocenters. The van der Waals surface area contributed by atoms with E-state index in [-0.39, 0.29) is 0 Å². The number of hydrogen-bond acceptors (Lipinski definition) is 2. The number of nitrogens with zero attached hydrogens (tertiary/aromatic N) is 2. The third-order valence-electron chi connectivity index (χ3n) is 3.69. The molecule has 0 bridgehead atoms. The van der Waals surface area contributed by atoms with Gasteiger partial charge < -0.3 is 0 Å². The lowest BCUT2D eigenvalue weighted by molar-refractivity contribution is 0.263. The standard InChI is InChI=1S/C14H21BrN2O2S/c1-12-6-5-9-17(10-12)20(18,19)16(2)11-13-7-3-4-8-14(13)15/h3-4,7-8,12H,5-6,9-11H2,1-2H3. The molecule has 4 nitrogen and oxygen atoms in total. The summed E-state index contributed by atoms with van der Waals surface area (Å²) in [6.07, 6.45) is 2.06. The molecule has 0 saturated carbocycles. The summed E-state index contributed by atoms with van der Waals surface area (Å²) >= 11 is 3.46. The fraction of sp³-hybridized carbons (Fsp3) is 0.571. The zero-order valence-corrected chi connectivity index (χ0v) is 14.3. The third kappa shape index (κ3) is 3.61. The van der Waals surface area contributed by atoms with E-state index in [4.69, 9.17) is 0 Å². The molecule has 1 aliphatic heterocycles. The van der Waals surface area contributed by atoms with E-state index in [2.05, 4.69) is 22.9 Å². The van der Waals surface area contributed by atoms with Crippen molar-refractivity contribution >= 4 is 26.1 Å². The van der Waals surface area contributed by atoms with Crippen molar-refractivity contribution in [2.45, 2.75) is 26.3 Å². The Labute approximate surface area is 130 Å². The molecule has 1 heterocycles. The first-order valence-corrected chi connectivity index (χ1v) is 9.05. The van der Waals surface area contributed by atoms with Gasteiger partial charge in [-0.2, -0.15) is 17.0 Å². The van der Waals surface area contributed by atoms with Crippen LogP contribution in [0.5, 0.6) is 0 Å². The highest BCUT2D eigenvalue weighted by Gasteiger charge is 2.30. The Morgan fingerprint density at radius 1 is 1.40 bits per heavy atom. The smallest absolute Gasteiger partial charge is 0.195 e. The van der Waals surface area contributed by atoms with Crippen LogP contribution < -0.4 is 0 Å².